The lowest BCUT2D eigenvalue weighted by Crippen LogP contribution is -2.28. The molecular formula is C26H27F3N6O. The minimum absolute atomic E-state index is 0.0741. The smallest absolute Gasteiger partial charge is 0.282 e. The Morgan fingerprint density at radius 3 is 2.42 bits per heavy atom. The topological polar surface area (TPSA) is 86.5 Å². The minimum atomic E-state index is -2.76. The maximum atomic E-state index is 13.4. The highest BCUT2D eigenvalue weighted by molar-refractivity contribution is 5.71. The Hall–Kier alpha value is -3.69. The van der Waals surface area contributed by atoms with Gasteiger partial charge in [0.25, 0.3) is 12.0 Å². The van der Waals surface area contributed by atoms with E-state index in [1.807, 2.05) is 13.0 Å². The molecule has 0 atom stereocenters. The molecule has 0 bridgehead atoms. The van der Waals surface area contributed by atoms with Crippen molar-refractivity contribution in [1.29, 1.82) is 0 Å². The van der Waals surface area contributed by atoms with Gasteiger partial charge in [-0.25, -0.2) is 18.7 Å². The van der Waals surface area contributed by atoms with Crippen molar-refractivity contribution in [3.05, 3.63) is 87.5 Å². The van der Waals surface area contributed by atoms with Gasteiger partial charge in [0.05, 0.1) is 17.9 Å². The summed E-state index contributed by atoms with van der Waals surface area (Å²) >= 11 is 0. The van der Waals surface area contributed by atoms with E-state index >= 15 is 0 Å². The van der Waals surface area contributed by atoms with E-state index in [1.165, 1.54) is 35.6 Å². The van der Waals surface area contributed by atoms with Crippen LogP contribution in [0.3, 0.4) is 0 Å². The Balaban J connectivity index is 0.000000325. The molecule has 7 nitrogen and oxygen atoms in total. The number of fused-ring (bicyclic) bond motifs is 1. The lowest BCUT2D eigenvalue weighted by atomic mass is 9.84. The predicted molar refractivity (Wildman–Crippen MR) is 129 cm³/mol. The van der Waals surface area contributed by atoms with Crippen LogP contribution in [0.1, 0.15) is 72.7 Å². The Morgan fingerprint density at radius 1 is 1.00 bits per heavy atom. The van der Waals surface area contributed by atoms with Gasteiger partial charge in [-0.05, 0) is 56.4 Å². The van der Waals surface area contributed by atoms with Crippen molar-refractivity contribution in [2.24, 2.45) is 0 Å². The molecule has 36 heavy (non-hydrogen) atoms. The van der Waals surface area contributed by atoms with Crippen LogP contribution < -0.4 is 5.56 Å². The van der Waals surface area contributed by atoms with Crippen molar-refractivity contribution < 1.29 is 13.2 Å². The molecule has 4 aromatic rings. The van der Waals surface area contributed by atoms with E-state index in [9.17, 15) is 18.0 Å². The van der Waals surface area contributed by atoms with Gasteiger partial charge >= 0.3 is 0 Å². The van der Waals surface area contributed by atoms with E-state index in [-0.39, 0.29) is 23.7 Å². The van der Waals surface area contributed by atoms with Gasteiger partial charge in [0.2, 0.25) is 5.95 Å². The van der Waals surface area contributed by atoms with Crippen LogP contribution in [0.25, 0.3) is 11.2 Å². The molecule has 0 radical (unpaired) electrons. The molecule has 188 valence electrons. The van der Waals surface area contributed by atoms with E-state index in [1.54, 1.807) is 19.2 Å². The van der Waals surface area contributed by atoms with E-state index in [0.29, 0.717) is 22.4 Å². The number of pyridine rings is 2. The maximum absolute atomic E-state index is 13.4. The van der Waals surface area contributed by atoms with E-state index in [0.717, 1.165) is 31.2 Å². The number of nitrogens with zero attached hydrogens (tertiary/aromatic N) is 6. The molecule has 4 heterocycles. The van der Waals surface area contributed by atoms with Crippen LogP contribution in [0.15, 0.2) is 47.8 Å². The van der Waals surface area contributed by atoms with Gasteiger partial charge in [-0.15, -0.1) is 0 Å². The lowest BCUT2D eigenvalue weighted by Gasteiger charge is -2.22. The summed E-state index contributed by atoms with van der Waals surface area (Å²) in [4.78, 5) is 33.4. The fourth-order valence-electron chi connectivity index (χ4n) is 4.42. The second-order valence-corrected chi connectivity index (χ2v) is 8.89. The summed E-state index contributed by atoms with van der Waals surface area (Å²) in [6, 6.07) is 4.96. The molecule has 0 spiro atoms. The van der Waals surface area contributed by atoms with Crippen molar-refractivity contribution in [3.63, 3.8) is 0 Å². The number of alkyl halides is 2. The highest BCUT2D eigenvalue weighted by atomic mass is 19.3. The molecule has 5 rings (SSSR count). The third kappa shape index (κ3) is 5.92. The first kappa shape index (κ1) is 25.4. The first-order valence-corrected chi connectivity index (χ1v) is 11.9. The maximum Gasteiger partial charge on any atom is 0.282 e. The van der Waals surface area contributed by atoms with Crippen LogP contribution in [0, 0.1) is 19.8 Å². The Morgan fingerprint density at radius 2 is 1.75 bits per heavy atom. The van der Waals surface area contributed by atoms with Crippen molar-refractivity contribution in [2.75, 3.05) is 0 Å². The monoisotopic (exact) mass is 496 g/mol. The standard InChI is InChI=1S/C20H21F2N5O.C6H6FN/c1-12-10-25-15-9-14(13-5-3-2-4-6-13)20(28)27(19(15)26-12)11-16-17(18(21)22)24-8-7-23-16;1-5-2-3-8-6(7)4-5/h7-10,13,18H,2-6,11H2,1H3;2-4H,1H3. The molecule has 10 heteroatoms. The number of hydrogen-bond acceptors (Lipinski definition) is 6. The van der Waals surface area contributed by atoms with Crippen molar-refractivity contribution in [1.82, 2.24) is 29.5 Å². The molecule has 1 fully saturated rings. The molecule has 1 aliphatic rings. The lowest BCUT2D eigenvalue weighted by molar-refractivity contribution is 0.144. The van der Waals surface area contributed by atoms with Crippen LogP contribution in [-0.2, 0) is 6.54 Å². The van der Waals surface area contributed by atoms with Crippen molar-refractivity contribution in [2.45, 2.75) is 64.8 Å². The average Bonchev–Trinajstić information content (AvgIpc) is 2.87. The molecule has 0 N–H and O–H groups in total. The first-order valence-electron chi connectivity index (χ1n) is 11.9. The molecule has 1 saturated carbocycles. The predicted octanol–water partition coefficient (Wildman–Crippen LogP) is 5.45. The quantitative estimate of drug-likeness (QED) is 0.349. The fraction of sp³-hybridized carbons (Fsp3) is 0.385. The molecule has 0 aliphatic heterocycles. The zero-order chi connectivity index (χ0) is 25.7. The minimum Gasteiger partial charge on any atom is -0.285 e. The Kier molecular flexibility index (Phi) is 8.02. The second-order valence-electron chi connectivity index (χ2n) is 8.89. The van der Waals surface area contributed by atoms with Gasteiger partial charge in [-0.1, -0.05) is 19.3 Å². The van der Waals surface area contributed by atoms with E-state index in [4.69, 9.17) is 0 Å². The van der Waals surface area contributed by atoms with Crippen LogP contribution in [-0.4, -0.2) is 29.5 Å². The summed E-state index contributed by atoms with van der Waals surface area (Å²) in [7, 11) is 0. The highest BCUT2D eigenvalue weighted by Crippen LogP contribution is 2.32. The normalized spacial score (nSPS) is 14.1. The number of rotatable bonds is 4. The van der Waals surface area contributed by atoms with Gasteiger partial charge in [0, 0.05) is 30.4 Å². The summed E-state index contributed by atoms with van der Waals surface area (Å²) in [6.07, 6.45) is 8.17. The van der Waals surface area contributed by atoms with Gasteiger partial charge < -0.3 is 0 Å². The molecule has 0 amide bonds. The summed E-state index contributed by atoms with van der Waals surface area (Å²) in [6.45, 7) is 3.50. The van der Waals surface area contributed by atoms with Gasteiger partial charge in [0.15, 0.2) is 5.65 Å². The molecule has 0 aromatic carbocycles. The third-order valence-corrected chi connectivity index (χ3v) is 6.19. The van der Waals surface area contributed by atoms with Crippen molar-refractivity contribution >= 4 is 11.2 Å². The second kappa shape index (κ2) is 11.4. The Bertz CT molecular complexity index is 1390. The van der Waals surface area contributed by atoms with E-state index < -0.39 is 18.1 Å². The first-order chi connectivity index (χ1) is 17.3. The van der Waals surface area contributed by atoms with Gasteiger partial charge in [0.1, 0.15) is 11.2 Å². The Labute approximate surface area is 206 Å². The van der Waals surface area contributed by atoms with Crippen LogP contribution in [0.5, 0.6) is 0 Å². The summed E-state index contributed by atoms with van der Waals surface area (Å²) in [5.41, 5.74) is 2.68. The summed E-state index contributed by atoms with van der Waals surface area (Å²) in [5.74, 6) is -0.249. The van der Waals surface area contributed by atoms with Gasteiger partial charge in [-0.2, -0.15) is 4.39 Å². The fourth-order valence-corrected chi connectivity index (χ4v) is 4.42. The number of aromatic nitrogens is 6. The zero-order valence-electron chi connectivity index (χ0n) is 20.2. The van der Waals surface area contributed by atoms with Crippen LogP contribution >= 0.6 is 0 Å². The largest absolute Gasteiger partial charge is 0.285 e. The molecule has 4 aromatic heterocycles. The number of aryl methyl sites for hydroxylation is 2. The zero-order valence-corrected chi connectivity index (χ0v) is 20.2. The molecular weight excluding hydrogens is 469 g/mol. The third-order valence-electron chi connectivity index (χ3n) is 6.19. The molecule has 1 aliphatic carbocycles. The van der Waals surface area contributed by atoms with Crippen molar-refractivity contribution in [3.8, 4) is 0 Å². The molecule has 0 saturated heterocycles. The highest BCUT2D eigenvalue weighted by Gasteiger charge is 2.23. The number of hydrogen-bond donors (Lipinski definition) is 0. The average molecular weight is 497 g/mol. The molecule has 0 unspecified atom stereocenters. The van der Waals surface area contributed by atoms with Crippen LogP contribution in [0.4, 0.5) is 13.2 Å². The SMILES string of the molecule is Cc1ccnc(F)c1.Cc1cnc2cc(C3CCCCC3)c(=O)n(Cc3nccnc3C(F)F)c2n1. The van der Waals surface area contributed by atoms with Gasteiger partial charge in [-0.3, -0.25) is 24.3 Å². The number of halogens is 3. The summed E-state index contributed by atoms with van der Waals surface area (Å²) in [5, 5.41) is 0. The van der Waals surface area contributed by atoms with Crippen LogP contribution in [0.2, 0.25) is 0 Å². The summed E-state index contributed by atoms with van der Waals surface area (Å²) < 4.78 is 40.2. The van der Waals surface area contributed by atoms with E-state index in [2.05, 4.69) is 24.9 Å².